The van der Waals surface area contributed by atoms with Gasteiger partial charge < -0.3 is 30.8 Å². The van der Waals surface area contributed by atoms with Crippen LogP contribution in [0.25, 0.3) is 11.3 Å². The minimum absolute atomic E-state index is 0.0212. The first-order valence-electron chi connectivity index (χ1n) is 13.7. The Kier molecular flexibility index (Phi) is 6.81. The van der Waals surface area contributed by atoms with Gasteiger partial charge in [0.15, 0.2) is 34.4 Å². The Bertz CT molecular complexity index is 1620. The minimum atomic E-state index is -4.98. The lowest BCUT2D eigenvalue weighted by molar-refractivity contribution is -0.191. The number of carbonyl (C=O) groups excluding carboxylic acids is 1. The fourth-order valence-electron chi connectivity index (χ4n) is 5.54. The van der Waals surface area contributed by atoms with Crippen LogP contribution in [0.1, 0.15) is 52.9 Å². The van der Waals surface area contributed by atoms with Gasteiger partial charge in [-0.2, -0.15) is 13.2 Å². The highest BCUT2D eigenvalue weighted by atomic mass is 19.4. The van der Waals surface area contributed by atoms with E-state index in [-0.39, 0.29) is 52.1 Å². The Labute approximate surface area is 242 Å². The van der Waals surface area contributed by atoms with Crippen LogP contribution in [0.4, 0.5) is 22.0 Å². The SMILES string of the molecule is COc1c(OC2CC2)ccc(C(N)=O)c1C[C@@](O)(c1cc2c(c(-c3ccc(F)c(F)c3)n1)OC[C@@]2(N)C(F)(F)F)C1CC1. The smallest absolute Gasteiger partial charge is 0.414 e. The van der Waals surface area contributed by atoms with Crippen molar-refractivity contribution in [2.75, 3.05) is 13.7 Å². The number of pyridine rings is 1. The number of primary amides is 1. The molecule has 0 spiro atoms. The molecule has 43 heavy (non-hydrogen) atoms. The van der Waals surface area contributed by atoms with Crippen molar-refractivity contribution < 1.29 is 46.1 Å². The summed E-state index contributed by atoms with van der Waals surface area (Å²) in [6.07, 6.45) is -2.71. The molecule has 0 radical (unpaired) electrons. The van der Waals surface area contributed by atoms with Crippen LogP contribution in [-0.2, 0) is 17.6 Å². The number of benzene rings is 2. The predicted octanol–water partition coefficient (Wildman–Crippen LogP) is 4.62. The molecular weight excluding hydrogens is 577 g/mol. The molecule has 2 aliphatic carbocycles. The lowest BCUT2D eigenvalue weighted by Crippen LogP contribution is -2.52. The van der Waals surface area contributed by atoms with Gasteiger partial charge in [0, 0.05) is 28.7 Å². The summed E-state index contributed by atoms with van der Waals surface area (Å²) in [5.41, 5.74) is 5.76. The van der Waals surface area contributed by atoms with Gasteiger partial charge in [0.1, 0.15) is 17.9 Å². The molecule has 2 heterocycles. The second kappa shape index (κ2) is 10.1. The van der Waals surface area contributed by atoms with E-state index in [1.807, 2.05) is 0 Å². The third-order valence-electron chi connectivity index (χ3n) is 8.25. The fourth-order valence-corrected chi connectivity index (χ4v) is 5.54. The maximum absolute atomic E-state index is 14.3. The van der Waals surface area contributed by atoms with Crippen LogP contribution < -0.4 is 25.7 Å². The zero-order valence-corrected chi connectivity index (χ0v) is 22.9. The number of nitrogens with zero attached hydrogens (tertiary/aromatic N) is 1. The normalized spacial score (nSPS) is 21.1. The summed E-state index contributed by atoms with van der Waals surface area (Å²) in [5, 5.41) is 12.4. The molecule has 2 fully saturated rings. The van der Waals surface area contributed by atoms with Gasteiger partial charge in [-0.1, -0.05) is 0 Å². The van der Waals surface area contributed by atoms with Crippen molar-refractivity contribution in [2.24, 2.45) is 17.4 Å². The van der Waals surface area contributed by atoms with Gasteiger partial charge >= 0.3 is 6.18 Å². The van der Waals surface area contributed by atoms with Gasteiger partial charge in [-0.25, -0.2) is 13.8 Å². The van der Waals surface area contributed by atoms with E-state index in [9.17, 15) is 31.9 Å². The van der Waals surface area contributed by atoms with Crippen molar-refractivity contribution in [3.05, 3.63) is 70.4 Å². The van der Waals surface area contributed by atoms with Gasteiger partial charge in [-0.3, -0.25) is 4.79 Å². The summed E-state index contributed by atoms with van der Waals surface area (Å²) in [5.74, 6) is -3.63. The Morgan fingerprint density at radius 2 is 1.84 bits per heavy atom. The maximum Gasteiger partial charge on any atom is 0.414 e. The van der Waals surface area contributed by atoms with E-state index >= 15 is 0 Å². The summed E-state index contributed by atoms with van der Waals surface area (Å²) >= 11 is 0. The molecule has 2 aromatic carbocycles. The number of amides is 1. The van der Waals surface area contributed by atoms with E-state index in [4.69, 9.17) is 25.7 Å². The zero-order chi connectivity index (χ0) is 30.9. The number of nitrogens with two attached hydrogens (primary N) is 2. The van der Waals surface area contributed by atoms with Gasteiger partial charge in [-0.05, 0) is 68.0 Å². The molecule has 6 rings (SSSR count). The van der Waals surface area contributed by atoms with Crippen molar-refractivity contribution in [1.82, 2.24) is 4.98 Å². The van der Waals surface area contributed by atoms with Gasteiger partial charge in [-0.15, -0.1) is 0 Å². The van der Waals surface area contributed by atoms with Crippen molar-refractivity contribution in [3.8, 4) is 28.5 Å². The number of rotatable bonds is 9. The lowest BCUT2D eigenvalue weighted by atomic mass is 9.81. The first-order valence-corrected chi connectivity index (χ1v) is 13.7. The summed E-state index contributed by atoms with van der Waals surface area (Å²) in [7, 11) is 1.36. The molecular formula is C30H28F5N3O5. The summed E-state index contributed by atoms with van der Waals surface area (Å²) < 4.78 is 88.0. The van der Waals surface area contributed by atoms with Crippen LogP contribution in [0.3, 0.4) is 0 Å². The second-order valence-electron chi connectivity index (χ2n) is 11.3. The molecule has 1 aromatic heterocycles. The Balaban J connectivity index is 1.56. The molecule has 13 heteroatoms. The van der Waals surface area contributed by atoms with E-state index in [1.165, 1.54) is 19.2 Å². The van der Waals surface area contributed by atoms with E-state index in [2.05, 4.69) is 4.98 Å². The summed E-state index contributed by atoms with van der Waals surface area (Å²) in [6.45, 7) is -0.990. The van der Waals surface area contributed by atoms with Crippen LogP contribution >= 0.6 is 0 Å². The minimum Gasteiger partial charge on any atom is -0.493 e. The number of carbonyl (C=O) groups is 1. The number of aromatic nitrogens is 1. The van der Waals surface area contributed by atoms with Crippen LogP contribution in [-0.4, -0.2) is 42.0 Å². The Morgan fingerprint density at radius 3 is 2.42 bits per heavy atom. The Morgan fingerprint density at radius 1 is 1.12 bits per heavy atom. The van der Waals surface area contributed by atoms with E-state index in [1.54, 1.807) is 0 Å². The molecule has 0 bridgehead atoms. The number of aliphatic hydroxyl groups is 1. The number of hydrogen-bond donors (Lipinski definition) is 3. The monoisotopic (exact) mass is 605 g/mol. The molecule has 3 aliphatic rings. The van der Waals surface area contributed by atoms with Crippen LogP contribution in [0, 0.1) is 17.6 Å². The second-order valence-corrected chi connectivity index (χ2v) is 11.3. The summed E-state index contributed by atoms with van der Waals surface area (Å²) in [6, 6.07) is 6.74. The quantitative estimate of drug-likeness (QED) is 0.304. The van der Waals surface area contributed by atoms with E-state index in [0.29, 0.717) is 18.6 Å². The van der Waals surface area contributed by atoms with Crippen molar-refractivity contribution in [2.45, 2.75) is 55.5 Å². The third-order valence-corrected chi connectivity index (χ3v) is 8.25. The fraction of sp³-hybridized carbons (Fsp3) is 0.400. The number of methoxy groups -OCH3 is 1. The van der Waals surface area contributed by atoms with Gasteiger partial charge in [0.05, 0.1) is 18.9 Å². The van der Waals surface area contributed by atoms with Crippen molar-refractivity contribution in [3.63, 3.8) is 0 Å². The standard InChI is InChI=1S/C30H28F5N3O5/c1-41-25-18(17(27(36)39)7-9-22(25)43-16-5-6-16)12-28(40,15-3-4-15)23-11-19-26(42-13-29(19,37)30(33,34)35)24(38-23)14-2-8-20(31)21(32)10-14/h2,7-11,15-16,40H,3-6,12-13,37H2,1H3,(H2,36,39)/t28-,29-/m0/s1. The average Bonchev–Trinajstić information content (AvgIpc) is 3.88. The van der Waals surface area contributed by atoms with Crippen LogP contribution in [0.2, 0.25) is 0 Å². The number of alkyl halides is 3. The first-order chi connectivity index (χ1) is 20.3. The molecule has 2 saturated carbocycles. The molecule has 2 atom stereocenters. The third kappa shape index (κ3) is 4.93. The number of fused-ring (bicyclic) bond motifs is 1. The highest BCUT2D eigenvalue weighted by Crippen LogP contribution is 2.54. The van der Waals surface area contributed by atoms with Crippen LogP contribution in [0.15, 0.2) is 36.4 Å². The molecule has 1 amide bonds. The van der Waals surface area contributed by atoms with E-state index in [0.717, 1.165) is 37.1 Å². The van der Waals surface area contributed by atoms with Crippen LogP contribution in [0.5, 0.6) is 17.2 Å². The lowest BCUT2D eigenvalue weighted by Gasteiger charge is -2.32. The molecule has 8 nitrogen and oxygen atoms in total. The predicted molar refractivity (Wildman–Crippen MR) is 142 cm³/mol. The zero-order valence-electron chi connectivity index (χ0n) is 22.9. The van der Waals surface area contributed by atoms with E-state index < -0.39 is 52.9 Å². The van der Waals surface area contributed by atoms with Gasteiger partial charge in [0.25, 0.3) is 0 Å². The number of halogens is 5. The first kappa shape index (κ1) is 29.1. The molecule has 228 valence electrons. The largest absolute Gasteiger partial charge is 0.493 e. The maximum atomic E-state index is 14.3. The van der Waals surface area contributed by atoms with Gasteiger partial charge in [0.2, 0.25) is 5.91 Å². The number of hydrogen-bond acceptors (Lipinski definition) is 7. The number of ether oxygens (including phenoxy) is 3. The topological polar surface area (TPSA) is 130 Å². The molecule has 3 aromatic rings. The molecule has 1 aliphatic heterocycles. The molecule has 0 saturated heterocycles. The molecule has 0 unspecified atom stereocenters. The highest BCUT2D eigenvalue weighted by Gasteiger charge is 2.60. The molecule has 5 N–H and O–H groups in total. The summed E-state index contributed by atoms with van der Waals surface area (Å²) in [4.78, 5) is 17.0. The highest BCUT2D eigenvalue weighted by molar-refractivity contribution is 5.95. The Hall–Kier alpha value is -3.97. The van der Waals surface area contributed by atoms with Crippen molar-refractivity contribution in [1.29, 1.82) is 0 Å². The average molecular weight is 606 g/mol. The van der Waals surface area contributed by atoms with Crippen molar-refractivity contribution >= 4 is 5.91 Å².